The van der Waals surface area contributed by atoms with Crippen LogP contribution in [0.5, 0.6) is 23.0 Å². The van der Waals surface area contributed by atoms with Crippen molar-refractivity contribution in [2.75, 3.05) is 14.2 Å². The maximum absolute atomic E-state index is 12.1. The molecule has 8 nitrogen and oxygen atoms in total. The Morgan fingerprint density at radius 1 is 0.788 bits per heavy atom. The van der Waals surface area contributed by atoms with Gasteiger partial charge in [0.05, 0.1) is 19.8 Å². The van der Waals surface area contributed by atoms with Crippen LogP contribution in [-0.2, 0) is 9.68 Å². The number of carbonyl (C=O) groups is 3. The largest absolute Gasteiger partial charge is 0.497 e. The van der Waals surface area contributed by atoms with E-state index in [1.165, 1.54) is 31.2 Å². The molecule has 0 aliphatic carbocycles. The first-order valence-electron chi connectivity index (χ1n) is 9.77. The molecule has 0 fully saturated rings. The average Bonchev–Trinajstić information content (AvgIpc) is 2.84. The highest BCUT2D eigenvalue weighted by Crippen LogP contribution is 2.24. The zero-order valence-corrected chi connectivity index (χ0v) is 18.7. The average molecular weight is 452 g/mol. The van der Waals surface area contributed by atoms with Crippen molar-refractivity contribution in [3.8, 4) is 23.0 Å². The first-order chi connectivity index (χ1) is 15.9. The highest BCUT2D eigenvalue weighted by atomic mass is 17.2. The van der Waals surface area contributed by atoms with Crippen molar-refractivity contribution in [1.29, 1.82) is 0 Å². The van der Waals surface area contributed by atoms with Gasteiger partial charge in [-0.25, -0.2) is 9.59 Å². The zero-order valence-electron chi connectivity index (χ0n) is 18.7. The smallest absolute Gasteiger partial charge is 0.352 e. The van der Waals surface area contributed by atoms with E-state index >= 15 is 0 Å². The molecule has 0 aliphatic heterocycles. The van der Waals surface area contributed by atoms with Gasteiger partial charge in [0.25, 0.3) is 0 Å². The van der Waals surface area contributed by atoms with Gasteiger partial charge in [0, 0.05) is 12.5 Å². The third kappa shape index (κ3) is 8.02. The second-order valence-corrected chi connectivity index (χ2v) is 6.59. The third-order valence-electron chi connectivity index (χ3n) is 4.18. The highest BCUT2D eigenvalue weighted by molar-refractivity contribution is 5.91. The summed E-state index contributed by atoms with van der Waals surface area (Å²) < 4.78 is 15.3. The van der Waals surface area contributed by atoms with Crippen molar-refractivity contribution in [3.05, 3.63) is 83.4 Å². The number of hydrogen-bond donors (Lipinski definition) is 0. The maximum Gasteiger partial charge on any atom is 0.352 e. The molecule has 0 heterocycles. The van der Waals surface area contributed by atoms with Crippen LogP contribution >= 0.6 is 0 Å². The fraction of sp³-hybridized carbons (Fsp3) is 0.160. The Kier molecular flexibility index (Phi) is 9.45. The van der Waals surface area contributed by atoms with Gasteiger partial charge in [-0.15, -0.1) is 0 Å². The number of esters is 1. The van der Waals surface area contributed by atoms with E-state index in [1.54, 1.807) is 56.7 Å². The van der Waals surface area contributed by atoms with E-state index in [-0.39, 0.29) is 0 Å². The summed E-state index contributed by atoms with van der Waals surface area (Å²) in [7, 11) is 3.16. The van der Waals surface area contributed by atoms with Crippen LogP contribution in [0.1, 0.15) is 33.2 Å². The molecule has 8 heteroatoms. The van der Waals surface area contributed by atoms with E-state index in [0.717, 1.165) is 17.6 Å². The summed E-state index contributed by atoms with van der Waals surface area (Å²) >= 11 is 0. The summed E-state index contributed by atoms with van der Waals surface area (Å²) in [6.45, 7) is 3.05. The molecule has 0 atom stereocenters. The fourth-order valence-electron chi connectivity index (χ4n) is 2.46. The van der Waals surface area contributed by atoms with Crippen LogP contribution in [-0.4, -0.2) is 32.4 Å². The molecule has 3 rings (SSSR count). The molecule has 3 aromatic carbocycles. The number of benzene rings is 3. The number of rotatable bonds is 7. The van der Waals surface area contributed by atoms with Crippen LogP contribution in [0.2, 0.25) is 0 Å². The molecule has 0 N–H and O–H groups in total. The molecule has 172 valence electrons. The lowest BCUT2D eigenvalue weighted by Gasteiger charge is -2.09. The number of hydrogen-bond acceptors (Lipinski definition) is 8. The molecule has 3 aromatic rings. The van der Waals surface area contributed by atoms with Crippen LogP contribution in [0.25, 0.3) is 0 Å². The summed E-state index contributed by atoms with van der Waals surface area (Å²) in [4.78, 5) is 42.1. The van der Waals surface area contributed by atoms with E-state index in [0.29, 0.717) is 28.4 Å². The van der Waals surface area contributed by atoms with E-state index in [9.17, 15) is 14.4 Å². The van der Waals surface area contributed by atoms with Crippen molar-refractivity contribution in [3.63, 3.8) is 0 Å². The van der Waals surface area contributed by atoms with Crippen molar-refractivity contribution < 1.29 is 38.4 Å². The van der Waals surface area contributed by atoms with Gasteiger partial charge >= 0.3 is 11.9 Å². The standard InChI is InChI=1S/C17H16O6.C8H8O2/c1-11-10-15(20-3)8-9-16(11)21-17(19)13-4-6-14(7-5-13)23-22-12(2)18;1-10-8-4-2-7(6-9)3-5-8/h4-10H,1-3H3;2-6H,1H3. The number of aldehydes is 1. The lowest BCUT2D eigenvalue weighted by atomic mass is 10.2. The molecule has 0 spiro atoms. The summed E-state index contributed by atoms with van der Waals surface area (Å²) in [6, 6.07) is 18.1. The molecule has 33 heavy (non-hydrogen) atoms. The minimum atomic E-state index is -0.566. The predicted molar refractivity (Wildman–Crippen MR) is 120 cm³/mol. The van der Waals surface area contributed by atoms with E-state index in [1.807, 2.05) is 6.92 Å². The third-order valence-corrected chi connectivity index (χ3v) is 4.18. The Bertz CT molecular complexity index is 1070. The van der Waals surface area contributed by atoms with Gasteiger partial charge in [0.1, 0.15) is 23.5 Å². The molecule has 0 radical (unpaired) electrons. The van der Waals surface area contributed by atoms with Crippen LogP contribution in [0.15, 0.2) is 66.7 Å². The Morgan fingerprint density at radius 3 is 1.88 bits per heavy atom. The van der Waals surface area contributed by atoms with Crippen molar-refractivity contribution in [2.45, 2.75) is 13.8 Å². The Morgan fingerprint density at radius 2 is 1.36 bits per heavy atom. The van der Waals surface area contributed by atoms with Gasteiger partial charge in [0.15, 0.2) is 5.75 Å². The first kappa shape index (κ1) is 24.9. The monoisotopic (exact) mass is 452 g/mol. The number of carbonyl (C=O) groups excluding carboxylic acids is 3. The SMILES string of the molecule is COc1ccc(C=O)cc1.COc1ccc(OC(=O)c2ccc(OOC(C)=O)cc2)c(C)c1. The predicted octanol–water partition coefficient (Wildman–Crippen LogP) is 4.59. The normalized spacial score (nSPS) is 9.58. The molecule has 0 unspecified atom stereocenters. The van der Waals surface area contributed by atoms with E-state index in [2.05, 4.69) is 4.89 Å². The molecule has 0 amide bonds. The van der Waals surface area contributed by atoms with Gasteiger partial charge in [-0.3, -0.25) is 14.6 Å². The first-order valence-corrected chi connectivity index (χ1v) is 9.77. The second-order valence-electron chi connectivity index (χ2n) is 6.59. The lowest BCUT2D eigenvalue weighted by Crippen LogP contribution is -2.09. The van der Waals surface area contributed by atoms with Crippen LogP contribution < -0.4 is 19.1 Å². The lowest BCUT2D eigenvalue weighted by molar-refractivity contribution is -0.210. The summed E-state index contributed by atoms with van der Waals surface area (Å²) in [5.74, 6) is 1.15. The van der Waals surface area contributed by atoms with Gasteiger partial charge < -0.3 is 14.2 Å². The van der Waals surface area contributed by atoms with Crippen LogP contribution in [0.3, 0.4) is 0 Å². The Balaban J connectivity index is 0.000000321. The van der Waals surface area contributed by atoms with Crippen LogP contribution in [0.4, 0.5) is 0 Å². The number of ether oxygens (including phenoxy) is 3. The van der Waals surface area contributed by atoms with Crippen molar-refractivity contribution in [2.24, 2.45) is 0 Å². The van der Waals surface area contributed by atoms with Crippen molar-refractivity contribution >= 4 is 18.2 Å². The summed E-state index contributed by atoms with van der Waals surface area (Å²) in [5.41, 5.74) is 1.80. The molecule has 0 bridgehead atoms. The Hall–Kier alpha value is -4.33. The molecule has 0 aromatic heterocycles. The molecular weight excluding hydrogens is 428 g/mol. The van der Waals surface area contributed by atoms with Crippen LogP contribution in [0, 0.1) is 6.92 Å². The maximum atomic E-state index is 12.1. The van der Waals surface area contributed by atoms with E-state index < -0.39 is 11.9 Å². The van der Waals surface area contributed by atoms with Gasteiger partial charge in [-0.05, 0) is 79.2 Å². The van der Waals surface area contributed by atoms with Gasteiger partial charge in [-0.1, -0.05) is 0 Å². The molecule has 0 aliphatic rings. The Labute approximate surface area is 191 Å². The minimum Gasteiger partial charge on any atom is -0.497 e. The fourth-order valence-corrected chi connectivity index (χ4v) is 2.46. The topological polar surface area (TPSA) is 97.4 Å². The second kappa shape index (κ2) is 12.5. The molecule has 0 saturated carbocycles. The highest BCUT2D eigenvalue weighted by Gasteiger charge is 2.11. The zero-order chi connectivity index (χ0) is 24.2. The molecular formula is C25H24O8. The van der Waals surface area contributed by atoms with E-state index in [4.69, 9.17) is 19.1 Å². The summed E-state index contributed by atoms with van der Waals surface area (Å²) in [6.07, 6.45) is 0.805. The minimum absolute atomic E-state index is 0.303. The van der Waals surface area contributed by atoms with Gasteiger partial charge in [0.2, 0.25) is 0 Å². The quantitative estimate of drug-likeness (QED) is 0.169. The number of aryl methyl sites for hydroxylation is 1. The summed E-state index contributed by atoms with van der Waals surface area (Å²) in [5, 5.41) is 0. The number of methoxy groups -OCH3 is 2. The van der Waals surface area contributed by atoms with Crippen molar-refractivity contribution in [1.82, 2.24) is 0 Å². The molecule has 0 saturated heterocycles. The van der Waals surface area contributed by atoms with Gasteiger partial charge in [-0.2, -0.15) is 0 Å².